The van der Waals surface area contributed by atoms with E-state index in [1.807, 2.05) is 0 Å². The maximum atomic E-state index is 9.04. The van der Waals surface area contributed by atoms with Crippen LogP contribution < -0.4 is 4.74 Å². The van der Waals surface area contributed by atoms with E-state index in [-0.39, 0.29) is 5.75 Å². The SMILES string of the molecule is C[CH]CCCCOc1ccc(O)cc1. The Balaban J connectivity index is 2.15. The van der Waals surface area contributed by atoms with Crippen molar-refractivity contribution in [2.75, 3.05) is 6.61 Å². The minimum atomic E-state index is 0.276. The minimum absolute atomic E-state index is 0.276. The van der Waals surface area contributed by atoms with E-state index >= 15 is 0 Å². The molecule has 1 aromatic rings. The summed E-state index contributed by atoms with van der Waals surface area (Å²) in [5, 5.41) is 9.04. The summed E-state index contributed by atoms with van der Waals surface area (Å²) in [5.41, 5.74) is 0. The summed E-state index contributed by atoms with van der Waals surface area (Å²) in [4.78, 5) is 0. The second kappa shape index (κ2) is 6.30. The van der Waals surface area contributed by atoms with Crippen molar-refractivity contribution in [1.29, 1.82) is 0 Å². The largest absolute Gasteiger partial charge is 0.508 e. The maximum absolute atomic E-state index is 9.04. The lowest BCUT2D eigenvalue weighted by molar-refractivity contribution is 0.306. The molecule has 1 rings (SSSR count). The average molecular weight is 193 g/mol. The Morgan fingerprint density at radius 2 is 1.93 bits per heavy atom. The summed E-state index contributed by atoms with van der Waals surface area (Å²) in [6, 6.07) is 6.83. The number of hydrogen-bond donors (Lipinski definition) is 1. The highest BCUT2D eigenvalue weighted by Gasteiger charge is 1.93. The van der Waals surface area contributed by atoms with Crippen LogP contribution in [0.1, 0.15) is 26.2 Å². The van der Waals surface area contributed by atoms with Crippen molar-refractivity contribution in [3.8, 4) is 11.5 Å². The molecular weight excluding hydrogens is 176 g/mol. The quantitative estimate of drug-likeness (QED) is 0.703. The summed E-state index contributed by atoms with van der Waals surface area (Å²) in [6.07, 6.45) is 5.57. The van der Waals surface area contributed by atoms with E-state index in [4.69, 9.17) is 9.84 Å². The molecule has 77 valence electrons. The van der Waals surface area contributed by atoms with Gasteiger partial charge in [0.2, 0.25) is 0 Å². The molecule has 0 amide bonds. The molecule has 2 heteroatoms. The zero-order valence-electron chi connectivity index (χ0n) is 8.57. The number of phenolic OH excluding ortho intramolecular Hbond substituents is 1. The van der Waals surface area contributed by atoms with E-state index in [9.17, 15) is 0 Å². The molecule has 0 saturated heterocycles. The van der Waals surface area contributed by atoms with E-state index in [1.165, 1.54) is 6.42 Å². The molecular formula is C12H17O2. The smallest absolute Gasteiger partial charge is 0.119 e. The van der Waals surface area contributed by atoms with Gasteiger partial charge in [-0.25, -0.2) is 0 Å². The second-order valence-electron chi connectivity index (χ2n) is 3.25. The molecule has 1 radical (unpaired) electrons. The number of ether oxygens (including phenoxy) is 1. The van der Waals surface area contributed by atoms with E-state index in [1.54, 1.807) is 24.3 Å². The molecule has 0 heterocycles. The van der Waals surface area contributed by atoms with Crippen LogP contribution in [0.2, 0.25) is 0 Å². The van der Waals surface area contributed by atoms with Crippen LogP contribution >= 0.6 is 0 Å². The number of hydrogen-bond acceptors (Lipinski definition) is 2. The predicted molar refractivity (Wildman–Crippen MR) is 57.4 cm³/mol. The third kappa shape index (κ3) is 4.17. The van der Waals surface area contributed by atoms with Gasteiger partial charge < -0.3 is 9.84 Å². The molecule has 0 spiro atoms. The third-order valence-electron chi connectivity index (χ3n) is 1.99. The molecule has 0 saturated carbocycles. The number of benzene rings is 1. The fourth-order valence-corrected chi connectivity index (χ4v) is 1.18. The fourth-order valence-electron chi connectivity index (χ4n) is 1.18. The zero-order valence-corrected chi connectivity index (χ0v) is 8.57. The first-order valence-corrected chi connectivity index (χ1v) is 5.02. The van der Waals surface area contributed by atoms with Crippen LogP contribution in [0.15, 0.2) is 24.3 Å². The Morgan fingerprint density at radius 1 is 1.21 bits per heavy atom. The van der Waals surface area contributed by atoms with Crippen LogP contribution in [-0.2, 0) is 0 Å². The van der Waals surface area contributed by atoms with Crippen molar-refractivity contribution in [3.05, 3.63) is 30.7 Å². The van der Waals surface area contributed by atoms with Gasteiger partial charge in [-0.3, -0.25) is 0 Å². The molecule has 0 aliphatic rings. The summed E-state index contributed by atoms with van der Waals surface area (Å²) >= 11 is 0. The van der Waals surface area contributed by atoms with Crippen molar-refractivity contribution in [2.45, 2.75) is 26.2 Å². The van der Waals surface area contributed by atoms with Gasteiger partial charge in [0.1, 0.15) is 11.5 Å². The number of unbranched alkanes of at least 4 members (excludes halogenated alkanes) is 3. The van der Waals surface area contributed by atoms with Gasteiger partial charge in [0.25, 0.3) is 0 Å². The Hall–Kier alpha value is -1.18. The Morgan fingerprint density at radius 3 is 2.57 bits per heavy atom. The first-order chi connectivity index (χ1) is 6.83. The first kappa shape index (κ1) is 10.9. The van der Waals surface area contributed by atoms with E-state index in [2.05, 4.69) is 13.3 Å². The summed E-state index contributed by atoms with van der Waals surface area (Å²) < 4.78 is 5.48. The maximum Gasteiger partial charge on any atom is 0.119 e. The molecule has 1 N–H and O–H groups in total. The lowest BCUT2D eigenvalue weighted by atomic mass is 10.2. The van der Waals surface area contributed by atoms with Crippen molar-refractivity contribution in [1.82, 2.24) is 0 Å². The molecule has 0 aliphatic heterocycles. The van der Waals surface area contributed by atoms with E-state index in [0.717, 1.165) is 25.2 Å². The molecule has 14 heavy (non-hydrogen) atoms. The van der Waals surface area contributed by atoms with E-state index in [0.29, 0.717) is 0 Å². The van der Waals surface area contributed by atoms with Gasteiger partial charge in [-0.1, -0.05) is 13.3 Å². The molecule has 0 fully saturated rings. The second-order valence-corrected chi connectivity index (χ2v) is 3.25. The number of phenols is 1. The Labute approximate surface area is 85.5 Å². The van der Waals surface area contributed by atoms with Gasteiger partial charge >= 0.3 is 0 Å². The van der Waals surface area contributed by atoms with Crippen molar-refractivity contribution in [2.24, 2.45) is 0 Å². The van der Waals surface area contributed by atoms with Crippen molar-refractivity contribution >= 4 is 0 Å². The monoisotopic (exact) mass is 193 g/mol. The van der Waals surface area contributed by atoms with Gasteiger partial charge in [0.15, 0.2) is 0 Å². The highest BCUT2D eigenvalue weighted by Crippen LogP contribution is 2.16. The molecule has 2 nitrogen and oxygen atoms in total. The topological polar surface area (TPSA) is 29.5 Å². The standard InChI is InChI=1S/C12H17O2/c1-2-3-4-5-10-14-12-8-6-11(13)7-9-12/h2,6-9,13H,3-5,10H2,1H3. The Bertz CT molecular complexity index is 241. The van der Waals surface area contributed by atoms with Crippen LogP contribution in [0.25, 0.3) is 0 Å². The first-order valence-electron chi connectivity index (χ1n) is 5.02. The lowest BCUT2D eigenvalue weighted by Gasteiger charge is -2.05. The van der Waals surface area contributed by atoms with Gasteiger partial charge in [-0.15, -0.1) is 0 Å². The van der Waals surface area contributed by atoms with Crippen LogP contribution in [0, 0.1) is 6.42 Å². The Kier molecular flexibility index (Phi) is 4.90. The lowest BCUT2D eigenvalue weighted by Crippen LogP contribution is -1.96. The van der Waals surface area contributed by atoms with Gasteiger partial charge in [0, 0.05) is 0 Å². The summed E-state index contributed by atoms with van der Waals surface area (Å²) in [5.74, 6) is 1.10. The van der Waals surface area contributed by atoms with E-state index < -0.39 is 0 Å². The predicted octanol–water partition coefficient (Wildman–Crippen LogP) is 3.17. The van der Waals surface area contributed by atoms with Crippen LogP contribution in [-0.4, -0.2) is 11.7 Å². The van der Waals surface area contributed by atoms with Gasteiger partial charge in [0.05, 0.1) is 6.61 Å². The van der Waals surface area contributed by atoms with Gasteiger partial charge in [-0.2, -0.15) is 0 Å². The minimum Gasteiger partial charge on any atom is -0.508 e. The number of aromatic hydroxyl groups is 1. The molecule has 0 atom stereocenters. The molecule has 0 unspecified atom stereocenters. The average Bonchev–Trinajstić information content (AvgIpc) is 2.21. The normalized spacial score (nSPS) is 10.1. The number of rotatable bonds is 6. The summed E-state index contributed by atoms with van der Waals surface area (Å²) in [7, 11) is 0. The van der Waals surface area contributed by atoms with Crippen molar-refractivity contribution in [3.63, 3.8) is 0 Å². The molecule has 0 bridgehead atoms. The molecule has 1 aromatic carbocycles. The van der Waals surface area contributed by atoms with Gasteiger partial charge in [-0.05, 0) is 43.5 Å². The highest BCUT2D eigenvalue weighted by molar-refractivity contribution is 5.29. The molecule has 0 aromatic heterocycles. The van der Waals surface area contributed by atoms with Crippen molar-refractivity contribution < 1.29 is 9.84 Å². The third-order valence-corrected chi connectivity index (χ3v) is 1.99. The van der Waals surface area contributed by atoms with Crippen LogP contribution in [0.3, 0.4) is 0 Å². The summed E-state index contributed by atoms with van der Waals surface area (Å²) in [6.45, 7) is 2.82. The highest BCUT2D eigenvalue weighted by atomic mass is 16.5. The zero-order chi connectivity index (χ0) is 10.2. The van der Waals surface area contributed by atoms with Crippen LogP contribution in [0.4, 0.5) is 0 Å². The van der Waals surface area contributed by atoms with Crippen LogP contribution in [0.5, 0.6) is 11.5 Å². The fraction of sp³-hybridized carbons (Fsp3) is 0.417. The molecule has 0 aliphatic carbocycles.